The Morgan fingerprint density at radius 2 is 2.11 bits per heavy atom. The number of ketones is 1. The maximum atomic E-state index is 11.1. The van der Waals surface area contributed by atoms with Crippen LogP contribution in [0.25, 0.3) is 0 Å². The number of pyridine rings is 1. The van der Waals surface area contributed by atoms with Gasteiger partial charge in [0.1, 0.15) is 5.75 Å². The highest BCUT2D eigenvalue weighted by Gasteiger charge is 2.08. The van der Waals surface area contributed by atoms with Crippen LogP contribution in [0.2, 0.25) is 0 Å². The molecule has 0 radical (unpaired) electrons. The first-order valence-corrected chi connectivity index (χ1v) is 5.45. The molecule has 96 valence electrons. The van der Waals surface area contributed by atoms with Crippen LogP contribution in [0.1, 0.15) is 17.3 Å². The Hall–Kier alpha value is -2.76. The molecule has 0 saturated heterocycles. The van der Waals surface area contributed by atoms with E-state index in [9.17, 15) is 14.9 Å². The molecule has 0 aliphatic heterocycles. The molecule has 0 saturated carbocycles. The topological polar surface area (TPSA) is 82.3 Å². The van der Waals surface area contributed by atoms with E-state index in [-0.39, 0.29) is 17.4 Å². The molecule has 0 unspecified atom stereocenters. The van der Waals surface area contributed by atoms with Crippen molar-refractivity contribution in [1.29, 1.82) is 0 Å². The lowest BCUT2D eigenvalue weighted by Gasteiger charge is -2.04. The van der Waals surface area contributed by atoms with Crippen molar-refractivity contribution in [2.45, 2.75) is 6.92 Å². The number of hydrogen-bond acceptors (Lipinski definition) is 5. The van der Waals surface area contributed by atoms with E-state index in [2.05, 4.69) is 4.98 Å². The van der Waals surface area contributed by atoms with E-state index >= 15 is 0 Å². The van der Waals surface area contributed by atoms with Crippen LogP contribution >= 0.6 is 0 Å². The van der Waals surface area contributed by atoms with Crippen molar-refractivity contribution >= 4 is 11.5 Å². The predicted molar refractivity (Wildman–Crippen MR) is 67.4 cm³/mol. The van der Waals surface area contributed by atoms with Gasteiger partial charge in [0.05, 0.1) is 11.0 Å². The lowest BCUT2D eigenvalue weighted by Crippen LogP contribution is -1.95. The average Bonchev–Trinajstić information content (AvgIpc) is 2.39. The summed E-state index contributed by atoms with van der Waals surface area (Å²) < 4.78 is 5.38. The molecule has 6 heteroatoms. The number of hydrogen-bond donors (Lipinski definition) is 0. The van der Waals surface area contributed by atoms with Gasteiger partial charge in [-0.25, -0.2) is 4.98 Å². The second-order valence-electron chi connectivity index (χ2n) is 3.80. The van der Waals surface area contributed by atoms with E-state index in [0.717, 1.165) is 0 Å². The van der Waals surface area contributed by atoms with Gasteiger partial charge in [0.2, 0.25) is 5.88 Å². The fraction of sp³-hybridized carbons (Fsp3) is 0.0769. The first kappa shape index (κ1) is 12.7. The predicted octanol–water partition coefficient (Wildman–Crippen LogP) is 2.98. The third kappa shape index (κ3) is 3.12. The summed E-state index contributed by atoms with van der Waals surface area (Å²) in [6, 6.07) is 8.92. The molecule has 1 heterocycles. The highest BCUT2D eigenvalue weighted by atomic mass is 16.6. The molecular weight excluding hydrogens is 248 g/mol. The summed E-state index contributed by atoms with van der Waals surface area (Å²) in [5, 5.41) is 10.6. The number of carbonyl (C=O) groups excluding carboxylic acids is 1. The Morgan fingerprint density at radius 3 is 2.68 bits per heavy atom. The molecule has 0 fully saturated rings. The quantitative estimate of drug-likeness (QED) is 0.478. The number of non-ortho nitro benzene ring substituents is 1. The third-order valence-electron chi connectivity index (χ3n) is 2.39. The molecule has 1 aromatic carbocycles. The van der Waals surface area contributed by atoms with Gasteiger partial charge in [-0.3, -0.25) is 14.9 Å². The van der Waals surface area contributed by atoms with Gasteiger partial charge in [0.15, 0.2) is 5.78 Å². The zero-order chi connectivity index (χ0) is 13.8. The minimum atomic E-state index is -0.501. The van der Waals surface area contributed by atoms with Gasteiger partial charge in [-0.05, 0) is 19.1 Å². The SMILES string of the molecule is CC(=O)c1ccc(Oc2cccc([N+](=O)[O-])c2)nc1. The minimum Gasteiger partial charge on any atom is -0.439 e. The Morgan fingerprint density at radius 1 is 1.32 bits per heavy atom. The van der Waals surface area contributed by atoms with Crippen LogP contribution in [0, 0.1) is 10.1 Å². The van der Waals surface area contributed by atoms with Crippen LogP contribution < -0.4 is 4.74 Å². The van der Waals surface area contributed by atoms with Crippen LogP contribution in [0.4, 0.5) is 5.69 Å². The van der Waals surface area contributed by atoms with Gasteiger partial charge in [0, 0.05) is 23.9 Å². The van der Waals surface area contributed by atoms with Gasteiger partial charge in [-0.1, -0.05) is 6.07 Å². The molecule has 0 spiro atoms. The fourth-order valence-electron chi connectivity index (χ4n) is 1.43. The third-order valence-corrected chi connectivity index (χ3v) is 2.39. The molecule has 0 N–H and O–H groups in total. The lowest BCUT2D eigenvalue weighted by molar-refractivity contribution is -0.384. The molecule has 6 nitrogen and oxygen atoms in total. The van der Waals surface area contributed by atoms with Crippen LogP contribution in [0.15, 0.2) is 42.6 Å². The Labute approximate surface area is 108 Å². The molecule has 2 aromatic rings. The summed E-state index contributed by atoms with van der Waals surface area (Å²) in [4.78, 5) is 25.2. The summed E-state index contributed by atoms with van der Waals surface area (Å²) in [7, 11) is 0. The van der Waals surface area contributed by atoms with Crippen molar-refractivity contribution in [2.75, 3.05) is 0 Å². The van der Waals surface area contributed by atoms with E-state index in [4.69, 9.17) is 4.74 Å². The van der Waals surface area contributed by atoms with Crippen LogP contribution in [0.3, 0.4) is 0 Å². The molecule has 19 heavy (non-hydrogen) atoms. The number of nitro groups is 1. The number of Topliss-reactive ketones (excluding diaryl/α,β-unsaturated/α-hetero) is 1. The van der Waals surface area contributed by atoms with E-state index < -0.39 is 4.92 Å². The molecule has 0 amide bonds. The van der Waals surface area contributed by atoms with Crippen molar-refractivity contribution in [2.24, 2.45) is 0 Å². The fourth-order valence-corrected chi connectivity index (χ4v) is 1.43. The van der Waals surface area contributed by atoms with Crippen LogP contribution in [-0.2, 0) is 0 Å². The largest absolute Gasteiger partial charge is 0.439 e. The Bertz CT molecular complexity index is 623. The summed E-state index contributed by atoms with van der Waals surface area (Å²) in [6.07, 6.45) is 1.40. The lowest BCUT2D eigenvalue weighted by atomic mass is 10.2. The Balaban J connectivity index is 2.19. The number of aromatic nitrogens is 1. The van der Waals surface area contributed by atoms with Crippen molar-refractivity contribution < 1.29 is 14.5 Å². The maximum Gasteiger partial charge on any atom is 0.273 e. The maximum absolute atomic E-state index is 11.1. The van der Waals surface area contributed by atoms with Crippen LogP contribution in [0.5, 0.6) is 11.6 Å². The number of carbonyl (C=O) groups is 1. The number of nitro benzene ring substituents is 1. The highest BCUT2D eigenvalue weighted by Crippen LogP contribution is 2.23. The molecular formula is C13H10N2O4. The van der Waals surface area contributed by atoms with Crippen molar-refractivity contribution in [3.8, 4) is 11.6 Å². The zero-order valence-electron chi connectivity index (χ0n) is 10.1. The second-order valence-corrected chi connectivity index (χ2v) is 3.80. The van der Waals surface area contributed by atoms with E-state index in [0.29, 0.717) is 11.3 Å². The van der Waals surface area contributed by atoms with E-state index in [1.807, 2.05) is 0 Å². The highest BCUT2D eigenvalue weighted by molar-refractivity contribution is 5.93. The zero-order valence-corrected chi connectivity index (χ0v) is 10.1. The number of rotatable bonds is 4. The molecule has 0 aliphatic carbocycles. The number of ether oxygens (including phenoxy) is 1. The summed E-state index contributed by atoms with van der Waals surface area (Å²) >= 11 is 0. The number of nitrogens with zero attached hydrogens (tertiary/aromatic N) is 2. The summed E-state index contributed by atoms with van der Waals surface area (Å²) in [5.74, 6) is 0.497. The van der Waals surface area contributed by atoms with E-state index in [1.165, 1.54) is 37.4 Å². The van der Waals surface area contributed by atoms with Gasteiger partial charge >= 0.3 is 0 Å². The molecule has 1 aromatic heterocycles. The molecule has 0 aliphatic rings. The molecule has 2 rings (SSSR count). The van der Waals surface area contributed by atoms with Crippen molar-refractivity contribution in [3.05, 3.63) is 58.3 Å². The first-order chi connectivity index (χ1) is 9.06. The number of benzene rings is 1. The van der Waals surface area contributed by atoms with Crippen molar-refractivity contribution in [1.82, 2.24) is 4.98 Å². The van der Waals surface area contributed by atoms with Crippen LogP contribution in [-0.4, -0.2) is 15.7 Å². The average molecular weight is 258 g/mol. The monoisotopic (exact) mass is 258 g/mol. The van der Waals surface area contributed by atoms with Gasteiger partial charge in [-0.2, -0.15) is 0 Å². The standard InChI is InChI=1S/C13H10N2O4/c1-9(16)10-5-6-13(14-8-10)19-12-4-2-3-11(7-12)15(17)18/h2-8H,1H3. The van der Waals surface area contributed by atoms with Crippen molar-refractivity contribution in [3.63, 3.8) is 0 Å². The van der Waals surface area contributed by atoms with E-state index in [1.54, 1.807) is 12.1 Å². The smallest absolute Gasteiger partial charge is 0.273 e. The summed E-state index contributed by atoms with van der Waals surface area (Å²) in [6.45, 7) is 1.44. The molecule has 0 bridgehead atoms. The summed E-state index contributed by atoms with van der Waals surface area (Å²) in [5.41, 5.74) is 0.421. The minimum absolute atomic E-state index is 0.0575. The van der Waals surface area contributed by atoms with Gasteiger partial charge < -0.3 is 4.74 Å². The second kappa shape index (κ2) is 5.26. The Kier molecular flexibility index (Phi) is 3.51. The van der Waals surface area contributed by atoms with Gasteiger partial charge in [-0.15, -0.1) is 0 Å². The van der Waals surface area contributed by atoms with Gasteiger partial charge in [0.25, 0.3) is 5.69 Å². The normalized spacial score (nSPS) is 9.95. The first-order valence-electron chi connectivity index (χ1n) is 5.45. The molecule has 0 atom stereocenters.